The molecule has 2 aliphatic rings. The largest absolute Gasteiger partial charge is 0.388 e. The van der Waals surface area contributed by atoms with E-state index >= 15 is 0 Å². The van der Waals surface area contributed by atoms with E-state index in [0.717, 1.165) is 11.3 Å². The van der Waals surface area contributed by atoms with Crippen molar-refractivity contribution in [2.24, 2.45) is 0 Å². The predicted octanol–water partition coefficient (Wildman–Crippen LogP) is 1.58. The van der Waals surface area contributed by atoms with Gasteiger partial charge in [0.15, 0.2) is 0 Å². The van der Waals surface area contributed by atoms with Crippen molar-refractivity contribution in [3.05, 3.63) is 17.0 Å². The minimum atomic E-state index is -0.865. The van der Waals surface area contributed by atoms with Crippen molar-refractivity contribution in [1.29, 1.82) is 0 Å². The molecule has 0 aromatic carbocycles. The minimum absolute atomic E-state index is 0.0614. The average Bonchev–Trinajstić information content (AvgIpc) is 2.90. The average molecular weight is 351 g/mol. The van der Waals surface area contributed by atoms with Crippen LogP contribution in [0.2, 0.25) is 0 Å². The molecular formula is C18H29N3O4. The van der Waals surface area contributed by atoms with Crippen molar-refractivity contribution in [3.63, 3.8) is 0 Å². The highest BCUT2D eigenvalue weighted by molar-refractivity contribution is 5.94. The van der Waals surface area contributed by atoms with E-state index < -0.39 is 5.60 Å². The molecule has 1 amide bonds. The topological polar surface area (TPSA) is 85.6 Å². The van der Waals surface area contributed by atoms with Crippen LogP contribution >= 0.6 is 0 Å². The molecule has 7 heteroatoms. The van der Waals surface area contributed by atoms with Crippen LogP contribution in [0.1, 0.15) is 68.4 Å². The van der Waals surface area contributed by atoms with Gasteiger partial charge in [0, 0.05) is 44.5 Å². The normalized spacial score (nSPS) is 31.3. The highest BCUT2D eigenvalue weighted by Gasteiger charge is 2.43. The first-order chi connectivity index (χ1) is 11.9. The first kappa shape index (κ1) is 18.4. The maximum Gasteiger partial charge on any atom is 0.269 e. The molecule has 0 unspecified atom stereocenters. The Morgan fingerprint density at radius 2 is 2.16 bits per heavy atom. The van der Waals surface area contributed by atoms with Crippen LogP contribution in [0, 0.1) is 0 Å². The maximum atomic E-state index is 12.8. The molecule has 1 aromatic heterocycles. The Labute approximate surface area is 148 Å². The van der Waals surface area contributed by atoms with Crippen molar-refractivity contribution >= 4 is 5.91 Å². The molecule has 140 valence electrons. The molecule has 1 aliphatic heterocycles. The van der Waals surface area contributed by atoms with Gasteiger partial charge in [0.2, 0.25) is 0 Å². The third-order valence-electron chi connectivity index (χ3n) is 5.10. The van der Waals surface area contributed by atoms with Gasteiger partial charge in [-0.05, 0) is 27.7 Å². The van der Waals surface area contributed by atoms with E-state index in [0.29, 0.717) is 38.1 Å². The van der Waals surface area contributed by atoms with E-state index in [1.165, 1.54) is 0 Å². The predicted molar refractivity (Wildman–Crippen MR) is 92.5 cm³/mol. The van der Waals surface area contributed by atoms with Crippen molar-refractivity contribution in [2.45, 2.75) is 77.4 Å². The number of hydrogen-bond acceptors (Lipinski definition) is 5. The lowest BCUT2D eigenvalue weighted by Gasteiger charge is -2.43. The Morgan fingerprint density at radius 3 is 2.80 bits per heavy atom. The first-order valence-electron chi connectivity index (χ1n) is 9.24. The Balaban J connectivity index is 1.70. The molecule has 2 N–H and O–H groups in total. The molecule has 7 nitrogen and oxygen atoms in total. The summed E-state index contributed by atoms with van der Waals surface area (Å²) in [6.45, 7) is 9.39. The molecule has 0 radical (unpaired) electrons. The van der Waals surface area contributed by atoms with Gasteiger partial charge in [-0.15, -0.1) is 0 Å². The van der Waals surface area contributed by atoms with E-state index in [-0.39, 0.29) is 30.8 Å². The van der Waals surface area contributed by atoms with Gasteiger partial charge in [-0.3, -0.25) is 9.48 Å². The fourth-order valence-electron chi connectivity index (χ4n) is 3.89. The number of carbonyl (C=O) groups is 1. The Morgan fingerprint density at radius 1 is 1.44 bits per heavy atom. The number of ether oxygens (including phenoxy) is 2. The lowest BCUT2D eigenvalue weighted by Crippen LogP contribution is -2.55. The van der Waals surface area contributed by atoms with Crippen LogP contribution in [0.4, 0.5) is 0 Å². The quantitative estimate of drug-likeness (QED) is 0.813. The monoisotopic (exact) mass is 351 g/mol. The number of aliphatic hydroxyl groups is 1. The molecule has 0 spiro atoms. The van der Waals surface area contributed by atoms with Crippen molar-refractivity contribution in [1.82, 2.24) is 15.1 Å². The zero-order valence-corrected chi connectivity index (χ0v) is 15.5. The number of hydrogen-bond donors (Lipinski definition) is 2. The smallest absolute Gasteiger partial charge is 0.269 e. The zero-order chi connectivity index (χ0) is 18.2. The fourth-order valence-corrected chi connectivity index (χ4v) is 3.89. The number of nitrogens with one attached hydrogen (secondary N) is 1. The van der Waals surface area contributed by atoms with Gasteiger partial charge in [-0.2, -0.15) is 5.10 Å². The summed E-state index contributed by atoms with van der Waals surface area (Å²) in [5, 5.41) is 17.9. The van der Waals surface area contributed by atoms with Crippen LogP contribution in [-0.4, -0.2) is 51.8 Å². The highest BCUT2D eigenvalue weighted by atomic mass is 16.5. The van der Waals surface area contributed by atoms with E-state index in [2.05, 4.69) is 10.4 Å². The van der Waals surface area contributed by atoms with Gasteiger partial charge in [-0.1, -0.05) is 0 Å². The van der Waals surface area contributed by atoms with Gasteiger partial charge in [0.25, 0.3) is 5.91 Å². The Hall–Kier alpha value is -1.44. The second kappa shape index (κ2) is 7.05. The fraction of sp³-hybridized carbons (Fsp3) is 0.778. The van der Waals surface area contributed by atoms with Crippen molar-refractivity contribution in [2.75, 3.05) is 13.2 Å². The summed E-state index contributed by atoms with van der Waals surface area (Å²) in [6, 6.07) is 0. The van der Waals surface area contributed by atoms with Gasteiger partial charge in [-0.25, -0.2) is 0 Å². The number of fused-ring (bicyclic) bond motifs is 1. The molecule has 2 heterocycles. The van der Waals surface area contributed by atoms with Gasteiger partial charge in [0.1, 0.15) is 5.69 Å². The van der Waals surface area contributed by atoms with Crippen LogP contribution in [0.3, 0.4) is 0 Å². The van der Waals surface area contributed by atoms with E-state index in [4.69, 9.17) is 9.47 Å². The molecule has 0 saturated heterocycles. The zero-order valence-electron chi connectivity index (χ0n) is 15.5. The van der Waals surface area contributed by atoms with Crippen LogP contribution < -0.4 is 5.32 Å². The molecule has 1 aromatic rings. The van der Waals surface area contributed by atoms with Crippen LogP contribution in [0.15, 0.2) is 0 Å². The number of amides is 1. The van der Waals surface area contributed by atoms with E-state index in [9.17, 15) is 9.90 Å². The first-order valence-corrected chi connectivity index (χ1v) is 9.24. The van der Waals surface area contributed by atoms with Crippen molar-refractivity contribution < 1.29 is 19.4 Å². The summed E-state index contributed by atoms with van der Waals surface area (Å²) in [5.74, 6) is -0.176. The lowest BCUT2D eigenvalue weighted by atomic mass is 9.77. The van der Waals surface area contributed by atoms with E-state index in [1.54, 1.807) is 4.68 Å². The summed E-state index contributed by atoms with van der Waals surface area (Å²) in [5.41, 5.74) is 1.56. The molecule has 2 atom stereocenters. The Kier molecular flexibility index (Phi) is 5.18. The molecule has 25 heavy (non-hydrogen) atoms. The number of rotatable bonds is 6. The summed E-state index contributed by atoms with van der Waals surface area (Å²) < 4.78 is 13.0. The second-order valence-corrected chi connectivity index (χ2v) is 7.21. The molecular weight excluding hydrogens is 322 g/mol. The van der Waals surface area contributed by atoms with Crippen LogP contribution in [0.5, 0.6) is 0 Å². The van der Waals surface area contributed by atoms with Gasteiger partial charge >= 0.3 is 0 Å². The van der Waals surface area contributed by atoms with Crippen LogP contribution in [0.25, 0.3) is 0 Å². The van der Waals surface area contributed by atoms with Crippen molar-refractivity contribution in [3.8, 4) is 0 Å². The standard InChI is InChI=1S/C18H29N3O4/c1-5-21-16(14-7-11(3)25-12(4)15(14)20-21)17(22)19-10-18(23)8-13(9-18)24-6-2/h11-13,23H,5-10H2,1-4H3,(H,19,22)/t11-,12+,13?,18?/m1/s1. The number of aryl methyl sites for hydroxylation is 1. The second-order valence-electron chi connectivity index (χ2n) is 7.21. The molecule has 3 rings (SSSR count). The molecule has 1 fully saturated rings. The number of aromatic nitrogens is 2. The van der Waals surface area contributed by atoms with Crippen LogP contribution in [-0.2, 0) is 22.4 Å². The molecule has 1 aliphatic carbocycles. The van der Waals surface area contributed by atoms with E-state index in [1.807, 2.05) is 27.7 Å². The lowest BCUT2D eigenvalue weighted by molar-refractivity contribution is -0.133. The summed E-state index contributed by atoms with van der Waals surface area (Å²) in [7, 11) is 0. The number of nitrogens with zero attached hydrogens (tertiary/aromatic N) is 2. The van der Waals surface area contributed by atoms with Gasteiger partial charge in [0.05, 0.1) is 29.6 Å². The minimum Gasteiger partial charge on any atom is -0.388 e. The SMILES string of the molecule is CCOC1CC(O)(CNC(=O)c2c3c(nn2CC)[C@H](C)O[C@H](C)C3)C1. The summed E-state index contributed by atoms with van der Waals surface area (Å²) >= 11 is 0. The maximum absolute atomic E-state index is 12.8. The third-order valence-corrected chi connectivity index (χ3v) is 5.10. The Bertz CT molecular complexity index is 637. The summed E-state index contributed by atoms with van der Waals surface area (Å²) in [4.78, 5) is 12.8. The molecule has 0 bridgehead atoms. The number of carbonyl (C=O) groups excluding carboxylic acids is 1. The third kappa shape index (κ3) is 3.59. The molecule has 1 saturated carbocycles. The summed E-state index contributed by atoms with van der Waals surface area (Å²) in [6.07, 6.45) is 1.86. The van der Waals surface area contributed by atoms with Gasteiger partial charge < -0.3 is 19.9 Å². The highest BCUT2D eigenvalue weighted by Crippen LogP contribution is 2.34.